The molecule has 2 rings (SSSR count). The Kier molecular flexibility index (Phi) is 1.73. The molecule has 0 radical (unpaired) electrons. The van der Waals surface area contributed by atoms with Crippen molar-refractivity contribution in [3.63, 3.8) is 0 Å². The number of nitrogens with two attached hydrogens (primary N) is 1. The van der Waals surface area contributed by atoms with E-state index in [9.17, 15) is 0 Å². The molecule has 0 amide bonds. The van der Waals surface area contributed by atoms with Gasteiger partial charge in [0.1, 0.15) is 5.84 Å². The largest absolute Gasteiger partial charge is 0.387 e. The molecule has 3 heteroatoms. The van der Waals surface area contributed by atoms with Gasteiger partial charge in [-0.2, -0.15) is 0 Å². The van der Waals surface area contributed by atoms with E-state index in [1.807, 2.05) is 11.4 Å². The standard InChI is InChI=1S/C9H10N2S/c1-6-4-8-7(2-3-12-8)11-9(10)5-6/h2-4H,5H2,1H3,(H2,10,11). The quantitative estimate of drug-likeness (QED) is 0.651. The second-order valence-electron chi connectivity index (χ2n) is 2.94. The molecule has 62 valence electrons. The molecule has 1 aliphatic heterocycles. The van der Waals surface area contributed by atoms with Crippen molar-refractivity contribution in [2.24, 2.45) is 10.7 Å². The van der Waals surface area contributed by atoms with Gasteiger partial charge in [0.05, 0.1) is 10.6 Å². The third kappa shape index (κ3) is 1.28. The highest BCUT2D eigenvalue weighted by atomic mass is 32.1. The first-order valence-corrected chi connectivity index (χ1v) is 4.71. The van der Waals surface area contributed by atoms with Gasteiger partial charge in [0, 0.05) is 6.42 Å². The Morgan fingerprint density at radius 3 is 3.25 bits per heavy atom. The molecule has 2 N–H and O–H groups in total. The van der Waals surface area contributed by atoms with Gasteiger partial charge in [-0.15, -0.1) is 11.3 Å². The number of fused-ring (bicyclic) bond motifs is 1. The van der Waals surface area contributed by atoms with E-state index in [-0.39, 0.29) is 0 Å². The normalized spacial score (nSPS) is 16.1. The fourth-order valence-electron chi connectivity index (χ4n) is 1.27. The van der Waals surface area contributed by atoms with Gasteiger partial charge in [-0.1, -0.05) is 5.57 Å². The van der Waals surface area contributed by atoms with E-state index in [0.29, 0.717) is 5.84 Å². The highest BCUT2D eigenvalue weighted by Gasteiger charge is 2.07. The molecule has 2 heterocycles. The lowest BCUT2D eigenvalue weighted by Gasteiger charge is -1.95. The second kappa shape index (κ2) is 2.75. The topological polar surface area (TPSA) is 38.4 Å². The number of hydrogen-bond donors (Lipinski definition) is 1. The van der Waals surface area contributed by atoms with Gasteiger partial charge in [-0.3, -0.25) is 0 Å². The third-order valence-corrected chi connectivity index (χ3v) is 2.63. The van der Waals surface area contributed by atoms with E-state index in [1.165, 1.54) is 10.5 Å². The number of nitrogens with zero attached hydrogens (tertiary/aromatic N) is 1. The fraction of sp³-hybridized carbons (Fsp3) is 0.222. The van der Waals surface area contributed by atoms with Crippen LogP contribution in [0.3, 0.4) is 0 Å². The molecule has 0 atom stereocenters. The first-order chi connectivity index (χ1) is 5.75. The summed E-state index contributed by atoms with van der Waals surface area (Å²) in [6.07, 6.45) is 2.95. The lowest BCUT2D eigenvalue weighted by atomic mass is 10.2. The molecule has 0 unspecified atom stereocenters. The second-order valence-corrected chi connectivity index (χ2v) is 3.89. The van der Waals surface area contributed by atoms with Crippen LogP contribution in [-0.2, 0) is 0 Å². The summed E-state index contributed by atoms with van der Waals surface area (Å²) in [5, 5.41) is 2.04. The summed E-state index contributed by atoms with van der Waals surface area (Å²) in [5.41, 5.74) is 8.00. The molecule has 1 aromatic rings. The van der Waals surface area contributed by atoms with Gasteiger partial charge >= 0.3 is 0 Å². The number of amidine groups is 1. The zero-order chi connectivity index (χ0) is 8.55. The summed E-state index contributed by atoms with van der Waals surface area (Å²) in [5.74, 6) is 0.709. The molecule has 0 fully saturated rings. The highest BCUT2D eigenvalue weighted by Crippen LogP contribution is 2.30. The molecule has 0 saturated heterocycles. The SMILES string of the molecule is CC1=Cc2sccc2N=C(N)C1. The molecule has 0 bridgehead atoms. The summed E-state index contributed by atoms with van der Waals surface area (Å²) in [7, 11) is 0. The Hall–Kier alpha value is -1.09. The molecule has 12 heavy (non-hydrogen) atoms. The predicted octanol–water partition coefficient (Wildman–Crippen LogP) is 2.54. The predicted molar refractivity (Wildman–Crippen MR) is 53.9 cm³/mol. The molecular weight excluding hydrogens is 168 g/mol. The Labute approximate surface area is 75.4 Å². The Bertz CT molecular complexity index is 328. The minimum absolute atomic E-state index is 0.709. The lowest BCUT2D eigenvalue weighted by molar-refractivity contribution is 1.26. The number of thiophene rings is 1. The summed E-state index contributed by atoms with van der Waals surface area (Å²) in [6.45, 7) is 2.08. The zero-order valence-electron chi connectivity index (χ0n) is 6.87. The van der Waals surface area contributed by atoms with E-state index < -0.39 is 0 Å². The van der Waals surface area contributed by atoms with Gasteiger partial charge in [0.15, 0.2) is 0 Å². The van der Waals surface area contributed by atoms with Gasteiger partial charge in [-0.25, -0.2) is 4.99 Å². The minimum Gasteiger partial charge on any atom is -0.387 e. The van der Waals surface area contributed by atoms with Gasteiger partial charge in [0.25, 0.3) is 0 Å². The third-order valence-electron chi connectivity index (χ3n) is 1.77. The zero-order valence-corrected chi connectivity index (χ0v) is 7.69. The van der Waals surface area contributed by atoms with E-state index in [2.05, 4.69) is 18.0 Å². The van der Waals surface area contributed by atoms with Crippen LogP contribution in [0, 0.1) is 0 Å². The Morgan fingerprint density at radius 2 is 2.42 bits per heavy atom. The maximum atomic E-state index is 5.71. The average Bonchev–Trinajstić information content (AvgIpc) is 2.31. The van der Waals surface area contributed by atoms with E-state index in [0.717, 1.165) is 12.1 Å². The number of hydrogen-bond acceptors (Lipinski definition) is 3. The van der Waals surface area contributed by atoms with Crippen LogP contribution in [0.2, 0.25) is 0 Å². The molecule has 0 aliphatic carbocycles. The number of aliphatic imine (C=N–C) groups is 1. The molecule has 1 aliphatic rings. The van der Waals surface area contributed by atoms with Gasteiger partial charge in [-0.05, 0) is 24.4 Å². The smallest absolute Gasteiger partial charge is 0.104 e. The molecule has 0 aromatic carbocycles. The lowest BCUT2D eigenvalue weighted by Crippen LogP contribution is -2.10. The van der Waals surface area contributed by atoms with Crippen LogP contribution in [-0.4, -0.2) is 5.84 Å². The maximum absolute atomic E-state index is 5.71. The summed E-state index contributed by atoms with van der Waals surface area (Å²) in [4.78, 5) is 5.52. The van der Waals surface area contributed by atoms with Crippen molar-refractivity contribution < 1.29 is 0 Å². The highest BCUT2D eigenvalue weighted by molar-refractivity contribution is 7.11. The maximum Gasteiger partial charge on any atom is 0.104 e. The van der Waals surface area contributed by atoms with Crippen molar-refractivity contribution >= 4 is 28.9 Å². The average molecular weight is 178 g/mol. The molecule has 1 aromatic heterocycles. The first-order valence-electron chi connectivity index (χ1n) is 3.83. The summed E-state index contributed by atoms with van der Waals surface area (Å²) < 4.78 is 0. The van der Waals surface area contributed by atoms with Crippen molar-refractivity contribution in [1.82, 2.24) is 0 Å². The van der Waals surface area contributed by atoms with Crippen molar-refractivity contribution in [3.8, 4) is 0 Å². The van der Waals surface area contributed by atoms with Crippen molar-refractivity contribution in [2.45, 2.75) is 13.3 Å². The van der Waals surface area contributed by atoms with Crippen molar-refractivity contribution in [2.75, 3.05) is 0 Å². The van der Waals surface area contributed by atoms with Crippen LogP contribution in [0.25, 0.3) is 6.08 Å². The van der Waals surface area contributed by atoms with Gasteiger partial charge in [0.2, 0.25) is 0 Å². The van der Waals surface area contributed by atoms with Gasteiger partial charge < -0.3 is 5.73 Å². The van der Waals surface area contributed by atoms with Crippen molar-refractivity contribution in [3.05, 3.63) is 21.9 Å². The van der Waals surface area contributed by atoms with Crippen molar-refractivity contribution in [1.29, 1.82) is 0 Å². The fourth-order valence-corrected chi connectivity index (χ4v) is 2.12. The summed E-state index contributed by atoms with van der Waals surface area (Å²) in [6, 6.07) is 2.00. The Balaban J connectivity index is 2.56. The van der Waals surface area contributed by atoms with E-state index >= 15 is 0 Å². The molecule has 0 spiro atoms. The molecule has 2 nitrogen and oxygen atoms in total. The Morgan fingerprint density at radius 1 is 1.58 bits per heavy atom. The van der Waals surface area contributed by atoms with E-state index in [1.54, 1.807) is 11.3 Å². The number of rotatable bonds is 0. The first kappa shape index (κ1) is 7.55. The van der Waals surface area contributed by atoms with Crippen LogP contribution in [0.5, 0.6) is 0 Å². The molecule has 0 saturated carbocycles. The van der Waals surface area contributed by atoms with Crippen LogP contribution in [0.15, 0.2) is 22.0 Å². The van der Waals surface area contributed by atoms with Crippen LogP contribution >= 0.6 is 11.3 Å². The van der Waals surface area contributed by atoms with E-state index in [4.69, 9.17) is 5.73 Å². The molecular formula is C9H10N2S. The summed E-state index contributed by atoms with van der Waals surface area (Å²) >= 11 is 1.71. The minimum atomic E-state index is 0.709. The van der Waals surface area contributed by atoms with Crippen LogP contribution < -0.4 is 5.73 Å². The monoisotopic (exact) mass is 178 g/mol. The van der Waals surface area contributed by atoms with Crippen LogP contribution in [0.1, 0.15) is 18.2 Å². The van der Waals surface area contributed by atoms with Crippen LogP contribution in [0.4, 0.5) is 5.69 Å².